The molecule has 2 rings (SSSR count). The van der Waals surface area contributed by atoms with Gasteiger partial charge in [-0.05, 0) is 36.8 Å². The summed E-state index contributed by atoms with van der Waals surface area (Å²) >= 11 is 0. The first-order valence-corrected chi connectivity index (χ1v) is 7.74. The number of nitrogens with one attached hydrogen (secondary N) is 2. The van der Waals surface area contributed by atoms with E-state index in [9.17, 15) is 17.6 Å². The van der Waals surface area contributed by atoms with Crippen LogP contribution in [0.15, 0.2) is 53.5 Å². The van der Waals surface area contributed by atoms with Crippen molar-refractivity contribution in [3.05, 3.63) is 54.3 Å². The van der Waals surface area contributed by atoms with Gasteiger partial charge in [0.15, 0.2) is 11.7 Å². The average molecular weight is 498 g/mol. The number of rotatable bonds is 7. The first-order valence-electron chi connectivity index (χ1n) is 7.74. The largest absolute Gasteiger partial charge is 0.573 e. The molecule has 0 saturated carbocycles. The maximum atomic E-state index is 13.0. The molecule has 0 aromatic heterocycles. The van der Waals surface area contributed by atoms with Crippen molar-refractivity contribution in [1.29, 1.82) is 0 Å². The van der Waals surface area contributed by atoms with Crippen LogP contribution in [0.25, 0.3) is 0 Å². The summed E-state index contributed by atoms with van der Waals surface area (Å²) in [6, 6.07) is 11.6. The molecule has 0 radical (unpaired) electrons. The number of para-hydroxylation sites is 2. The summed E-state index contributed by atoms with van der Waals surface area (Å²) in [7, 11) is 0. The maximum Gasteiger partial charge on any atom is 0.573 e. The van der Waals surface area contributed by atoms with Crippen molar-refractivity contribution in [2.45, 2.75) is 12.8 Å². The van der Waals surface area contributed by atoms with E-state index in [0.717, 1.165) is 0 Å². The van der Waals surface area contributed by atoms with Gasteiger partial charge < -0.3 is 21.1 Å². The van der Waals surface area contributed by atoms with Crippen molar-refractivity contribution < 1.29 is 22.3 Å². The lowest BCUT2D eigenvalue weighted by Gasteiger charge is -2.14. The van der Waals surface area contributed by atoms with Crippen molar-refractivity contribution in [2.75, 3.05) is 23.7 Å². The van der Waals surface area contributed by atoms with Gasteiger partial charge >= 0.3 is 6.36 Å². The van der Waals surface area contributed by atoms with E-state index < -0.39 is 12.1 Å². The number of hydrogen-bond donors (Lipinski definition) is 3. The molecule has 148 valence electrons. The Balaban J connectivity index is 0.00000364. The number of guanidine groups is 1. The molecule has 0 spiro atoms. The zero-order valence-electron chi connectivity index (χ0n) is 14.1. The summed E-state index contributed by atoms with van der Waals surface area (Å²) in [5.74, 6) is -0.763. The Morgan fingerprint density at radius 2 is 1.85 bits per heavy atom. The molecule has 0 bridgehead atoms. The third-order valence-corrected chi connectivity index (χ3v) is 3.15. The Morgan fingerprint density at radius 1 is 1.11 bits per heavy atom. The zero-order chi connectivity index (χ0) is 19.0. The smallest absolute Gasteiger partial charge is 0.404 e. The summed E-state index contributed by atoms with van der Waals surface area (Å²) in [5, 5.41) is 5.61. The van der Waals surface area contributed by atoms with E-state index in [2.05, 4.69) is 20.4 Å². The second kappa shape index (κ2) is 10.8. The molecule has 0 aliphatic rings. The lowest BCUT2D eigenvalue weighted by Crippen LogP contribution is -2.25. The van der Waals surface area contributed by atoms with Gasteiger partial charge in [-0.25, -0.2) is 4.39 Å². The summed E-state index contributed by atoms with van der Waals surface area (Å²) < 4.78 is 54.1. The molecular formula is C17H19F4IN4O. The predicted octanol–water partition coefficient (Wildman–Crippen LogP) is 4.57. The van der Waals surface area contributed by atoms with Crippen LogP contribution in [0.3, 0.4) is 0 Å². The second-order valence-corrected chi connectivity index (χ2v) is 5.23. The van der Waals surface area contributed by atoms with Crippen molar-refractivity contribution in [3.8, 4) is 5.75 Å². The van der Waals surface area contributed by atoms with Crippen LogP contribution < -0.4 is 21.1 Å². The van der Waals surface area contributed by atoms with Gasteiger partial charge in [0.1, 0.15) is 5.82 Å². The Bertz CT molecular complexity index is 756. The molecule has 4 N–H and O–H groups in total. The van der Waals surface area contributed by atoms with Crippen molar-refractivity contribution in [1.82, 2.24) is 0 Å². The van der Waals surface area contributed by atoms with E-state index in [4.69, 9.17) is 5.73 Å². The van der Waals surface area contributed by atoms with E-state index in [-0.39, 0.29) is 41.4 Å². The molecule has 0 aliphatic heterocycles. The molecule has 0 unspecified atom stereocenters. The van der Waals surface area contributed by atoms with Crippen LogP contribution in [0.1, 0.15) is 6.42 Å². The van der Waals surface area contributed by atoms with Gasteiger partial charge in [0, 0.05) is 18.8 Å². The number of ether oxygens (including phenoxy) is 1. The summed E-state index contributed by atoms with van der Waals surface area (Å²) in [4.78, 5) is 4.04. The SMILES string of the molecule is I.NC(=NCCCNc1cccc(F)c1)Nc1ccccc1OC(F)(F)F. The molecule has 0 aliphatic carbocycles. The minimum atomic E-state index is -4.80. The number of benzene rings is 2. The Morgan fingerprint density at radius 3 is 2.56 bits per heavy atom. The third kappa shape index (κ3) is 8.80. The summed E-state index contributed by atoms with van der Waals surface area (Å²) in [6.07, 6.45) is -4.20. The minimum absolute atomic E-state index is 0. The molecule has 0 atom stereocenters. The van der Waals surface area contributed by atoms with E-state index in [1.807, 2.05) is 0 Å². The first-order chi connectivity index (χ1) is 12.3. The number of nitrogens with two attached hydrogens (primary N) is 1. The Hall–Kier alpha value is -2.24. The number of alkyl halides is 3. The molecule has 2 aromatic rings. The quantitative estimate of drug-likeness (QED) is 0.172. The summed E-state index contributed by atoms with van der Waals surface area (Å²) in [5.41, 5.74) is 6.39. The zero-order valence-corrected chi connectivity index (χ0v) is 16.4. The highest BCUT2D eigenvalue weighted by Crippen LogP contribution is 2.29. The van der Waals surface area contributed by atoms with E-state index in [1.165, 1.54) is 30.3 Å². The van der Waals surface area contributed by atoms with E-state index in [1.54, 1.807) is 18.2 Å². The van der Waals surface area contributed by atoms with Crippen LogP contribution in [-0.4, -0.2) is 25.4 Å². The van der Waals surface area contributed by atoms with Gasteiger partial charge in [0.05, 0.1) is 5.69 Å². The highest BCUT2D eigenvalue weighted by atomic mass is 127. The van der Waals surface area contributed by atoms with Crippen LogP contribution in [0.5, 0.6) is 5.75 Å². The van der Waals surface area contributed by atoms with E-state index in [0.29, 0.717) is 25.2 Å². The van der Waals surface area contributed by atoms with Gasteiger partial charge in [-0.2, -0.15) is 0 Å². The van der Waals surface area contributed by atoms with Gasteiger partial charge in [0.25, 0.3) is 0 Å². The van der Waals surface area contributed by atoms with Gasteiger partial charge in [-0.1, -0.05) is 18.2 Å². The fourth-order valence-electron chi connectivity index (χ4n) is 2.07. The fourth-order valence-corrected chi connectivity index (χ4v) is 2.07. The average Bonchev–Trinajstić information content (AvgIpc) is 2.55. The first kappa shape index (κ1) is 22.8. The molecule has 0 amide bonds. The Labute approximate surface area is 171 Å². The van der Waals surface area contributed by atoms with Crippen LogP contribution >= 0.6 is 24.0 Å². The van der Waals surface area contributed by atoms with E-state index >= 15 is 0 Å². The van der Waals surface area contributed by atoms with Crippen LogP contribution in [0.2, 0.25) is 0 Å². The topological polar surface area (TPSA) is 71.7 Å². The number of hydrogen-bond acceptors (Lipinski definition) is 3. The molecule has 5 nitrogen and oxygen atoms in total. The molecule has 0 fully saturated rings. The highest BCUT2D eigenvalue weighted by Gasteiger charge is 2.32. The standard InChI is InChI=1S/C17H18F4N4O.HI/c18-12-5-3-6-13(11-12)23-9-4-10-24-16(22)25-14-7-1-2-8-15(14)26-17(19,20)21;/h1-3,5-8,11,23H,4,9-10H2,(H3,22,24,25);1H. The van der Waals surface area contributed by atoms with Crippen molar-refractivity contribution >= 4 is 41.3 Å². The van der Waals surface area contributed by atoms with Crippen LogP contribution in [0, 0.1) is 5.82 Å². The Kier molecular flexibility index (Phi) is 9.12. The van der Waals surface area contributed by atoms with Gasteiger partial charge in [-0.15, -0.1) is 37.1 Å². The second-order valence-electron chi connectivity index (χ2n) is 5.23. The predicted molar refractivity (Wildman–Crippen MR) is 108 cm³/mol. The maximum absolute atomic E-state index is 13.0. The van der Waals surface area contributed by atoms with Crippen LogP contribution in [-0.2, 0) is 0 Å². The van der Waals surface area contributed by atoms with Crippen molar-refractivity contribution in [3.63, 3.8) is 0 Å². The van der Waals surface area contributed by atoms with Crippen molar-refractivity contribution in [2.24, 2.45) is 10.7 Å². The molecule has 0 saturated heterocycles. The lowest BCUT2D eigenvalue weighted by molar-refractivity contribution is -0.274. The molecule has 0 heterocycles. The highest BCUT2D eigenvalue weighted by molar-refractivity contribution is 14.0. The van der Waals surface area contributed by atoms with Gasteiger partial charge in [-0.3, -0.25) is 4.99 Å². The number of aliphatic imine (C=N–C) groups is 1. The number of halogens is 5. The third-order valence-electron chi connectivity index (χ3n) is 3.15. The molecular weight excluding hydrogens is 479 g/mol. The fraction of sp³-hybridized carbons (Fsp3) is 0.235. The number of nitrogens with zero attached hydrogens (tertiary/aromatic N) is 1. The molecule has 27 heavy (non-hydrogen) atoms. The summed E-state index contributed by atoms with van der Waals surface area (Å²) in [6.45, 7) is 0.872. The monoisotopic (exact) mass is 498 g/mol. The molecule has 10 heteroatoms. The normalized spacial score (nSPS) is 11.5. The lowest BCUT2D eigenvalue weighted by atomic mass is 10.3. The van der Waals surface area contributed by atoms with Crippen LogP contribution in [0.4, 0.5) is 28.9 Å². The molecule has 2 aromatic carbocycles. The number of anilines is 2. The van der Waals surface area contributed by atoms with Gasteiger partial charge in [0.2, 0.25) is 0 Å². The minimum Gasteiger partial charge on any atom is -0.404 e.